The van der Waals surface area contributed by atoms with E-state index < -0.39 is 0 Å². The molecule has 2 aromatic rings. The van der Waals surface area contributed by atoms with Gasteiger partial charge in [0.25, 0.3) is 0 Å². The second-order valence-electron chi connectivity index (χ2n) is 8.33. The summed E-state index contributed by atoms with van der Waals surface area (Å²) in [4.78, 5) is 31.8. The molecule has 2 fully saturated rings. The van der Waals surface area contributed by atoms with Crippen LogP contribution in [0.25, 0.3) is 10.6 Å². The standard InChI is InChI=1S/C23H28BrN3O2S/c24-18-8-4-7-17(13-18)23-26-20(15-30-23)14-21(28)27-11-9-19(10-12-27)25-22(29)16-5-2-1-3-6-16/h4,7-8,13,15-16,19H,1-3,5-6,9-12,14H2,(H,25,29). The molecule has 2 heterocycles. The maximum atomic E-state index is 12.7. The maximum absolute atomic E-state index is 12.7. The predicted molar refractivity (Wildman–Crippen MR) is 123 cm³/mol. The summed E-state index contributed by atoms with van der Waals surface area (Å²) in [5, 5.41) is 6.14. The number of piperidine rings is 1. The van der Waals surface area contributed by atoms with E-state index in [4.69, 9.17) is 0 Å². The van der Waals surface area contributed by atoms with Gasteiger partial charge in [-0.3, -0.25) is 9.59 Å². The Morgan fingerprint density at radius 1 is 1.13 bits per heavy atom. The number of benzene rings is 1. The first kappa shape index (κ1) is 21.5. The van der Waals surface area contributed by atoms with Crippen LogP contribution in [-0.2, 0) is 16.0 Å². The van der Waals surface area contributed by atoms with Gasteiger partial charge in [-0.1, -0.05) is 47.3 Å². The zero-order valence-corrected chi connectivity index (χ0v) is 19.5. The highest BCUT2D eigenvalue weighted by atomic mass is 79.9. The molecular weight excluding hydrogens is 462 g/mol. The van der Waals surface area contributed by atoms with E-state index in [1.165, 1.54) is 19.3 Å². The van der Waals surface area contributed by atoms with Crippen LogP contribution in [0.2, 0.25) is 0 Å². The van der Waals surface area contributed by atoms with Crippen LogP contribution in [0.1, 0.15) is 50.6 Å². The van der Waals surface area contributed by atoms with Crippen molar-refractivity contribution in [1.29, 1.82) is 0 Å². The van der Waals surface area contributed by atoms with Crippen LogP contribution >= 0.6 is 27.3 Å². The molecule has 2 amide bonds. The Labute approximate surface area is 190 Å². The molecule has 1 aromatic heterocycles. The van der Waals surface area contributed by atoms with Crippen LogP contribution in [0.15, 0.2) is 34.1 Å². The third-order valence-electron chi connectivity index (χ3n) is 6.13. The van der Waals surface area contributed by atoms with Gasteiger partial charge in [0.1, 0.15) is 5.01 Å². The SMILES string of the molecule is O=C(NC1CCN(C(=O)Cc2csc(-c3cccc(Br)c3)n2)CC1)C1CCCCC1. The number of aromatic nitrogens is 1. The van der Waals surface area contributed by atoms with Crippen molar-refractivity contribution < 1.29 is 9.59 Å². The van der Waals surface area contributed by atoms with E-state index in [9.17, 15) is 9.59 Å². The molecule has 30 heavy (non-hydrogen) atoms. The molecule has 1 saturated carbocycles. The molecule has 0 atom stereocenters. The van der Waals surface area contributed by atoms with Crippen molar-refractivity contribution in [3.8, 4) is 10.6 Å². The Balaban J connectivity index is 1.25. The predicted octanol–water partition coefficient (Wildman–Crippen LogP) is 4.80. The maximum Gasteiger partial charge on any atom is 0.228 e. The summed E-state index contributed by atoms with van der Waals surface area (Å²) in [5.41, 5.74) is 1.88. The van der Waals surface area contributed by atoms with Crippen molar-refractivity contribution >= 4 is 39.1 Å². The summed E-state index contributed by atoms with van der Waals surface area (Å²) in [5.74, 6) is 0.544. The third-order valence-corrected chi connectivity index (χ3v) is 7.56. The minimum atomic E-state index is 0.123. The molecular formula is C23H28BrN3O2S. The largest absolute Gasteiger partial charge is 0.353 e. The van der Waals surface area contributed by atoms with Crippen LogP contribution in [0, 0.1) is 5.92 Å². The quantitative estimate of drug-likeness (QED) is 0.655. The number of nitrogens with zero attached hydrogens (tertiary/aromatic N) is 2. The molecule has 0 radical (unpaired) electrons. The Bertz CT molecular complexity index is 886. The fraction of sp³-hybridized carbons (Fsp3) is 0.522. The lowest BCUT2D eigenvalue weighted by Crippen LogP contribution is -2.48. The fourth-order valence-corrected chi connectivity index (χ4v) is 5.58. The highest BCUT2D eigenvalue weighted by Gasteiger charge is 2.27. The molecule has 5 nitrogen and oxygen atoms in total. The van der Waals surface area contributed by atoms with Crippen molar-refractivity contribution in [1.82, 2.24) is 15.2 Å². The molecule has 1 N–H and O–H groups in total. The van der Waals surface area contributed by atoms with Crippen molar-refractivity contribution in [2.45, 2.75) is 57.4 Å². The first-order valence-electron chi connectivity index (χ1n) is 10.9. The van der Waals surface area contributed by atoms with Gasteiger partial charge in [0.2, 0.25) is 11.8 Å². The van der Waals surface area contributed by atoms with Crippen LogP contribution in [-0.4, -0.2) is 40.8 Å². The molecule has 1 aliphatic carbocycles. The smallest absolute Gasteiger partial charge is 0.228 e. The second-order valence-corrected chi connectivity index (χ2v) is 10.1. The van der Waals surface area contributed by atoms with E-state index in [1.807, 2.05) is 34.5 Å². The monoisotopic (exact) mass is 489 g/mol. The summed E-state index contributed by atoms with van der Waals surface area (Å²) in [7, 11) is 0. The summed E-state index contributed by atoms with van der Waals surface area (Å²) in [6.45, 7) is 1.41. The molecule has 1 aromatic carbocycles. The average molecular weight is 490 g/mol. The molecule has 0 unspecified atom stereocenters. The lowest BCUT2D eigenvalue weighted by molar-refractivity contribution is -0.132. The number of carbonyl (C=O) groups is 2. The van der Waals surface area contributed by atoms with E-state index >= 15 is 0 Å². The van der Waals surface area contributed by atoms with Crippen LogP contribution in [0.5, 0.6) is 0 Å². The summed E-state index contributed by atoms with van der Waals surface area (Å²) >= 11 is 5.06. The number of carbonyl (C=O) groups excluding carboxylic acids is 2. The van der Waals surface area contributed by atoms with E-state index in [2.05, 4.69) is 26.2 Å². The van der Waals surface area contributed by atoms with E-state index in [0.29, 0.717) is 19.5 Å². The number of rotatable bonds is 5. The van der Waals surface area contributed by atoms with Crippen molar-refractivity contribution in [3.05, 3.63) is 39.8 Å². The number of hydrogen-bond donors (Lipinski definition) is 1. The number of hydrogen-bond acceptors (Lipinski definition) is 4. The molecule has 0 spiro atoms. The Hall–Kier alpha value is -1.73. The summed E-state index contributed by atoms with van der Waals surface area (Å²) < 4.78 is 1.02. The van der Waals surface area contributed by atoms with Gasteiger partial charge in [-0.05, 0) is 37.8 Å². The molecule has 2 aliphatic rings. The van der Waals surface area contributed by atoms with Gasteiger partial charge in [0, 0.05) is 40.5 Å². The molecule has 1 aliphatic heterocycles. The number of thiazole rings is 1. The lowest BCUT2D eigenvalue weighted by Gasteiger charge is -2.33. The summed E-state index contributed by atoms with van der Waals surface area (Å²) in [6.07, 6.45) is 7.67. The van der Waals surface area contributed by atoms with Gasteiger partial charge in [-0.25, -0.2) is 4.98 Å². The number of nitrogens with one attached hydrogen (secondary N) is 1. The average Bonchev–Trinajstić information content (AvgIpc) is 3.23. The van der Waals surface area contributed by atoms with Crippen molar-refractivity contribution in [2.24, 2.45) is 5.92 Å². The first-order valence-corrected chi connectivity index (χ1v) is 12.5. The van der Waals surface area contributed by atoms with Gasteiger partial charge in [0.15, 0.2) is 0 Å². The second kappa shape index (κ2) is 10.1. The van der Waals surface area contributed by atoms with E-state index in [1.54, 1.807) is 11.3 Å². The minimum Gasteiger partial charge on any atom is -0.353 e. The van der Waals surface area contributed by atoms with E-state index in [0.717, 1.165) is 46.4 Å². The third kappa shape index (κ3) is 5.49. The topological polar surface area (TPSA) is 62.3 Å². The van der Waals surface area contributed by atoms with Gasteiger partial charge in [0.05, 0.1) is 12.1 Å². The van der Waals surface area contributed by atoms with E-state index in [-0.39, 0.29) is 23.8 Å². The van der Waals surface area contributed by atoms with Gasteiger partial charge >= 0.3 is 0 Å². The Morgan fingerprint density at radius 2 is 1.90 bits per heavy atom. The zero-order valence-electron chi connectivity index (χ0n) is 17.1. The van der Waals surface area contributed by atoms with Gasteiger partial charge in [-0.2, -0.15) is 0 Å². The number of likely N-dealkylation sites (tertiary alicyclic amines) is 1. The molecule has 7 heteroatoms. The first-order chi connectivity index (χ1) is 14.6. The fourth-order valence-electron chi connectivity index (χ4n) is 4.37. The number of amides is 2. The highest BCUT2D eigenvalue weighted by molar-refractivity contribution is 9.10. The summed E-state index contributed by atoms with van der Waals surface area (Å²) in [6, 6.07) is 8.25. The Kier molecular flexibility index (Phi) is 7.20. The van der Waals surface area contributed by atoms with Crippen LogP contribution in [0.3, 0.4) is 0 Å². The molecule has 0 bridgehead atoms. The van der Waals surface area contributed by atoms with Gasteiger partial charge in [-0.15, -0.1) is 11.3 Å². The lowest BCUT2D eigenvalue weighted by atomic mass is 9.88. The van der Waals surface area contributed by atoms with Crippen molar-refractivity contribution in [3.63, 3.8) is 0 Å². The number of halogens is 1. The normalized spacial score (nSPS) is 18.4. The zero-order chi connectivity index (χ0) is 20.9. The van der Waals surface area contributed by atoms with Crippen LogP contribution < -0.4 is 5.32 Å². The molecule has 1 saturated heterocycles. The Morgan fingerprint density at radius 3 is 2.63 bits per heavy atom. The highest BCUT2D eigenvalue weighted by Crippen LogP contribution is 2.27. The van der Waals surface area contributed by atoms with Crippen LogP contribution in [0.4, 0.5) is 0 Å². The van der Waals surface area contributed by atoms with Gasteiger partial charge < -0.3 is 10.2 Å². The minimum absolute atomic E-state index is 0.123. The molecule has 4 rings (SSSR count). The molecule has 160 valence electrons. The van der Waals surface area contributed by atoms with Crippen molar-refractivity contribution in [2.75, 3.05) is 13.1 Å².